The first-order valence-corrected chi connectivity index (χ1v) is 12.4. The zero-order chi connectivity index (χ0) is 24.9. The number of carboxylic acid groups (broad SMARTS) is 1. The van der Waals surface area contributed by atoms with E-state index in [4.69, 9.17) is 0 Å². The van der Waals surface area contributed by atoms with Gasteiger partial charge >= 0.3 is 5.97 Å². The molecule has 0 fully saturated rings. The van der Waals surface area contributed by atoms with E-state index < -0.39 is 12.0 Å². The number of aliphatic carboxylic acids is 1. The standard InChI is InChI=1S/C29H41NO4/c1-2-3-4-5-6-7-8-9-10-11-12-13-14-15-16-17-18-19-28(32)30-27(29(33)34)24-25-20-22-26(31)23-21-25/h6-7,9-10,12-13,15-16,20-23,27,31H,2-5,8,11,14,17-19,24H2,1H3,(H,30,32)(H,33,34)/b7-6-,10-9-,13-12-,16-15-/t27-/m0/s1. The Morgan fingerprint density at radius 2 is 1.35 bits per heavy atom. The number of aromatic hydroxyl groups is 1. The molecule has 0 spiro atoms. The highest BCUT2D eigenvalue weighted by Gasteiger charge is 2.20. The van der Waals surface area contributed by atoms with Gasteiger partial charge in [-0.1, -0.05) is 80.5 Å². The van der Waals surface area contributed by atoms with Gasteiger partial charge in [-0.3, -0.25) is 4.79 Å². The van der Waals surface area contributed by atoms with Crippen molar-refractivity contribution in [3.63, 3.8) is 0 Å². The Kier molecular flexibility index (Phi) is 16.5. The molecule has 0 saturated heterocycles. The van der Waals surface area contributed by atoms with Crippen molar-refractivity contribution in [3.8, 4) is 5.75 Å². The molecule has 1 aromatic rings. The third-order valence-electron chi connectivity index (χ3n) is 5.24. The van der Waals surface area contributed by atoms with Crippen LogP contribution in [-0.4, -0.2) is 28.1 Å². The molecule has 0 unspecified atom stereocenters. The molecule has 1 rings (SSSR count). The molecule has 5 nitrogen and oxygen atoms in total. The lowest BCUT2D eigenvalue weighted by Crippen LogP contribution is -2.42. The average Bonchev–Trinajstić information content (AvgIpc) is 2.82. The largest absolute Gasteiger partial charge is 0.508 e. The number of benzene rings is 1. The summed E-state index contributed by atoms with van der Waals surface area (Å²) >= 11 is 0. The lowest BCUT2D eigenvalue weighted by molar-refractivity contribution is -0.141. The summed E-state index contributed by atoms with van der Waals surface area (Å²) in [6.07, 6.45) is 27.1. The molecular formula is C29H41NO4. The maximum atomic E-state index is 12.1. The second-order valence-corrected chi connectivity index (χ2v) is 8.31. The van der Waals surface area contributed by atoms with Crippen LogP contribution in [-0.2, 0) is 16.0 Å². The molecule has 0 aliphatic rings. The van der Waals surface area contributed by atoms with Crippen molar-refractivity contribution in [1.29, 1.82) is 0 Å². The first kappa shape index (κ1) is 29.0. The van der Waals surface area contributed by atoms with Crippen molar-refractivity contribution < 1.29 is 19.8 Å². The highest BCUT2D eigenvalue weighted by Crippen LogP contribution is 2.12. The van der Waals surface area contributed by atoms with E-state index in [1.165, 1.54) is 37.8 Å². The van der Waals surface area contributed by atoms with Crippen LogP contribution in [0.2, 0.25) is 0 Å². The van der Waals surface area contributed by atoms with Gasteiger partial charge in [0.2, 0.25) is 5.91 Å². The Morgan fingerprint density at radius 3 is 1.88 bits per heavy atom. The lowest BCUT2D eigenvalue weighted by atomic mass is 10.1. The van der Waals surface area contributed by atoms with Crippen molar-refractivity contribution in [1.82, 2.24) is 5.32 Å². The van der Waals surface area contributed by atoms with Crippen LogP contribution >= 0.6 is 0 Å². The molecule has 186 valence electrons. The lowest BCUT2D eigenvalue weighted by Gasteiger charge is -2.14. The summed E-state index contributed by atoms with van der Waals surface area (Å²) in [7, 11) is 0. The highest BCUT2D eigenvalue weighted by molar-refractivity contribution is 5.83. The van der Waals surface area contributed by atoms with Gasteiger partial charge in [-0.15, -0.1) is 0 Å². The number of allylic oxidation sites excluding steroid dienone is 8. The molecule has 0 saturated carbocycles. The van der Waals surface area contributed by atoms with E-state index in [9.17, 15) is 19.8 Å². The summed E-state index contributed by atoms with van der Waals surface area (Å²) in [6.45, 7) is 2.22. The van der Waals surface area contributed by atoms with Gasteiger partial charge in [0.15, 0.2) is 0 Å². The number of rotatable bonds is 18. The molecule has 0 aliphatic heterocycles. The zero-order valence-corrected chi connectivity index (χ0v) is 20.5. The van der Waals surface area contributed by atoms with E-state index in [0.29, 0.717) is 6.42 Å². The van der Waals surface area contributed by atoms with E-state index in [0.717, 1.165) is 31.2 Å². The van der Waals surface area contributed by atoms with Crippen LogP contribution in [0.5, 0.6) is 5.75 Å². The molecule has 0 heterocycles. The summed E-state index contributed by atoms with van der Waals surface area (Å²) in [4.78, 5) is 23.6. The van der Waals surface area contributed by atoms with Gasteiger partial charge in [-0.05, 0) is 62.6 Å². The Morgan fingerprint density at radius 1 is 0.824 bits per heavy atom. The molecular weight excluding hydrogens is 426 g/mol. The molecule has 1 atom stereocenters. The number of nitrogens with one attached hydrogen (secondary N) is 1. The number of carboxylic acids is 1. The maximum absolute atomic E-state index is 12.1. The van der Waals surface area contributed by atoms with Crippen LogP contribution in [0.4, 0.5) is 0 Å². The molecule has 3 N–H and O–H groups in total. The summed E-state index contributed by atoms with van der Waals surface area (Å²) in [6, 6.07) is 5.34. The predicted molar refractivity (Wildman–Crippen MR) is 140 cm³/mol. The second kappa shape index (κ2) is 19.4. The van der Waals surface area contributed by atoms with Crippen LogP contribution in [0.25, 0.3) is 0 Å². The predicted octanol–water partition coefficient (Wildman–Crippen LogP) is 6.65. The Balaban J connectivity index is 2.12. The van der Waals surface area contributed by atoms with Crippen molar-refractivity contribution in [2.75, 3.05) is 0 Å². The van der Waals surface area contributed by atoms with E-state index in [2.05, 4.69) is 60.8 Å². The highest BCUT2D eigenvalue weighted by atomic mass is 16.4. The average molecular weight is 468 g/mol. The summed E-state index contributed by atoms with van der Waals surface area (Å²) in [5, 5.41) is 21.3. The quantitative estimate of drug-likeness (QED) is 0.167. The fourth-order valence-corrected chi connectivity index (χ4v) is 3.28. The minimum absolute atomic E-state index is 0.122. The van der Waals surface area contributed by atoms with Crippen molar-refractivity contribution in [3.05, 3.63) is 78.4 Å². The molecule has 0 aliphatic carbocycles. The summed E-state index contributed by atoms with van der Waals surface area (Å²) in [5.74, 6) is -1.21. The molecule has 34 heavy (non-hydrogen) atoms. The number of carbonyl (C=O) groups excluding carboxylic acids is 1. The van der Waals surface area contributed by atoms with Crippen LogP contribution in [0.15, 0.2) is 72.9 Å². The van der Waals surface area contributed by atoms with Gasteiger partial charge < -0.3 is 15.5 Å². The Labute approximate surface area is 205 Å². The first-order valence-electron chi connectivity index (χ1n) is 12.4. The minimum atomic E-state index is -1.07. The smallest absolute Gasteiger partial charge is 0.326 e. The monoisotopic (exact) mass is 467 g/mol. The SMILES string of the molecule is CCCCC/C=C\C/C=C\C/C=C\C/C=C\CCCC(=O)N[C@@H](Cc1ccc(O)cc1)C(=O)O. The molecule has 0 bridgehead atoms. The number of hydrogen-bond donors (Lipinski definition) is 3. The normalized spacial score (nSPS) is 12.9. The summed E-state index contributed by atoms with van der Waals surface area (Å²) in [5.41, 5.74) is 0.742. The van der Waals surface area contributed by atoms with Gasteiger partial charge in [0.1, 0.15) is 11.8 Å². The molecule has 1 aromatic carbocycles. The number of phenolic OH excluding ortho intramolecular Hbond substituents is 1. The van der Waals surface area contributed by atoms with Crippen LogP contribution in [0.1, 0.15) is 76.7 Å². The van der Waals surface area contributed by atoms with Crippen LogP contribution in [0, 0.1) is 0 Å². The fraction of sp³-hybridized carbons (Fsp3) is 0.448. The molecule has 0 radical (unpaired) electrons. The molecule has 5 heteroatoms. The number of hydrogen-bond acceptors (Lipinski definition) is 3. The van der Waals surface area contributed by atoms with Gasteiger partial charge in [0.25, 0.3) is 0 Å². The minimum Gasteiger partial charge on any atom is -0.508 e. The van der Waals surface area contributed by atoms with Gasteiger partial charge in [0.05, 0.1) is 0 Å². The first-order chi connectivity index (χ1) is 16.5. The van der Waals surface area contributed by atoms with E-state index in [1.54, 1.807) is 12.1 Å². The Hall–Kier alpha value is -3.08. The van der Waals surface area contributed by atoms with Gasteiger partial charge in [-0.2, -0.15) is 0 Å². The fourth-order valence-electron chi connectivity index (χ4n) is 3.28. The topological polar surface area (TPSA) is 86.6 Å². The second-order valence-electron chi connectivity index (χ2n) is 8.31. The third kappa shape index (κ3) is 15.7. The molecule has 0 aromatic heterocycles. The van der Waals surface area contributed by atoms with Crippen LogP contribution < -0.4 is 5.32 Å². The third-order valence-corrected chi connectivity index (χ3v) is 5.24. The van der Waals surface area contributed by atoms with E-state index in [1.807, 2.05) is 0 Å². The Bertz CT molecular complexity index is 806. The number of phenols is 1. The number of amides is 1. The van der Waals surface area contributed by atoms with Crippen molar-refractivity contribution in [2.45, 2.75) is 83.6 Å². The summed E-state index contributed by atoms with van der Waals surface area (Å²) < 4.78 is 0. The maximum Gasteiger partial charge on any atom is 0.326 e. The van der Waals surface area contributed by atoms with E-state index >= 15 is 0 Å². The molecule has 1 amide bonds. The van der Waals surface area contributed by atoms with Gasteiger partial charge in [-0.25, -0.2) is 4.79 Å². The van der Waals surface area contributed by atoms with Crippen LogP contribution in [0.3, 0.4) is 0 Å². The van der Waals surface area contributed by atoms with Crippen molar-refractivity contribution in [2.24, 2.45) is 0 Å². The zero-order valence-electron chi connectivity index (χ0n) is 20.5. The number of unbranched alkanes of at least 4 members (excludes halogenated alkanes) is 4. The van der Waals surface area contributed by atoms with E-state index in [-0.39, 0.29) is 24.5 Å². The van der Waals surface area contributed by atoms with Gasteiger partial charge in [0, 0.05) is 12.8 Å². The number of carbonyl (C=O) groups is 2. The van der Waals surface area contributed by atoms with Crippen molar-refractivity contribution >= 4 is 11.9 Å².